The molecule has 1 N–H and O–H groups in total. The van der Waals surface area contributed by atoms with E-state index < -0.39 is 0 Å². The van der Waals surface area contributed by atoms with E-state index in [1.54, 1.807) is 12.5 Å². The standard InChI is InChI=1S/C11H18N2O2/c1-11(2,3)15-8-6-9(13-7-8)10-12-4-5-14-10/h4-5,8-9,13H,6-7H2,1-3H3/t8-,9+/m1/s1. The van der Waals surface area contributed by atoms with Gasteiger partial charge in [-0.3, -0.25) is 0 Å². The van der Waals surface area contributed by atoms with Crippen molar-refractivity contribution < 1.29 is 9.15 Å². The molecular weight excluding hydrogens is 192 g/mol. The summed E-state index contributed by atoms with van der Waals surface area (Å²) in [4.78, 5) is 4.14. The highest BCUT2D eigenvalue weighted by Gasteiger charge is 2.31. The van der Waals surface area contributed by atoms with Gasteiger partial charge in [-0.05, 0) is 27.2 Å². The van der Waals surface area contributed by atoms with Crippen LogP contribution in [0, 0.1) is 0 Å². The smallest absolute Gasteiger partial charge is 0.211 e. The highest BCUT2D eigenvalue weighted by Crippen LogP contribution is 2.26. The lowest BCUT2D eigenvalue weighted by Crippen LogP contribution is -2.28. The van der Waals surface area contributed by atoms with Crippen LogP contribution in [0.1, 0.15) is 39.1 Å². The van der Waals surface area contributed by atoms with Crippen LogP contribution in [0.5, 0.6) is 0 Å². The normalized spacial score (nSPS) is 27.1. The van der Waals surface area contributed by atoms with Crippen LogP contribution in [0.15, 0.2) is 16.9 Å². The first-order valence-corrected chi connectivity index (χ1v) is 5.35. The van der Waals surface area contributed by atoms with Crippen LogP contribution in [0.4, 0.5) is 0 Å². The molecule has 1 aliphatic heterocycles. The van der Waals surface area contributed by atoms with Crippen molar-refractivity contribution in [2.45, 2.75) is 44.9 Å². The second-order valence-corrected chi connectivity index (χ2v) is 4.92. The molecule has 1 aromatic heterocycles. The minimum atomic E-state index is -0.0855. The SMILES string of the molecule is CC(C)(C)O[C@H]1CN[C@H](c2ncco2)C1. The third-order valence-electron chi connectivity index (χ3n) is 2.36. The molecule has 0 aliphatic carbocycles. The molecule has 0 spiro atoms. The Morgan fingerprint density at radius 3 is 2.93 bits per heavy atom. The Kier molecular flexibility index (Phi) is 2.80. The minimum Gasteiger partial charge on any atom is -0.447 e. The van der Waals surface area contributed by atoms with Crippen LogP contribution in [-0.4, -0.2) is 23.2 Å². The van der Waals surface area contributed by atoms with Gasteiger partial charge in [0.15, 0.2) is 0 Å². The molecule has 1 fully saturated rings. The van der Waals surface area contributed by atoms with Gasteiger partial charge in [0.05, 0.1) is 23.9 Å². The first kappa shape index (κ1) is 10.6. The molecule has 0 amide bonds. The summed E-state index contributed by atoms with van der Waals surface area (Å²) in [5.41, 5.74) is -0.0855. The van der Waals surface area contributed by atoms with Crippen LogP contribution in [0.2, 0.25) is 0 Å². The summed E-state index contributed by atoms with van der Waals surface area (Å²) in [7, 11) is 0. The van der Waals surface area contributed by atoms with Crippen molar-refractivity contribution in [3.8, 4) is 0 Å². The van der Waals surface area contributed by atoms with Crippen molar-refractivity contribution in [2.24, 2.45) is 0 Å². The van der Waals surface area contributed by atoms with Crippen molar-refractivity contribution in [3.63, 3.8) is 0 Å². The maximum Gasteiger partial charge on any atom is 0.211 e. The van der Waals surface area contributed by atoms with E-state index in [-0.39, 0.29) is 17.7 Å². The third-order valence-corrected chi connectivity index (χ3v) is 2.36. The molecular formula is C11H18N2O2. The number of oxazole rings is 1. The fraction of sp³-hybridized carbons (Fsp3) is 0.727. The number of nitrogens with one attached hydrogen (secondary N) is 1. The number of hydrogen-bond acceptors (Lipinski definition) is 4. The van der Waals surface area contributed by atoms with Crippen LogP contribution in [0.25, 0.3) is 0 Å². The quantitative estimate of drug-likeness (QED) is 0.809. The predicted octanol–water partition coefficient (Wildman–Crippen LogP) is 1.89. The first-order valence-electron chi connectivity index (χ1n) is 5.35. The Bertz CT molecular complexity index is 303. The Balaban J connectivity index is 1.90. The molecule has 15 heavy (non-hydrogen) atoms. The summed E-state index contributed by atoms with van der Waals surface area (Å²) in [6.45, 7) is 7.09. The van der Waals surface area contributed by atoms with Gasteiger partial charge in [-0.25, -0.2) is 4.98 Å². The second kappa shape index (κ2) is 3.94. The zero-order valence-electron chi connectivity index (χ0n) is 9.49. The number of rotatable bonds is 2. The van der Waals surface area contributed by atoms with E-state index in [0.29, 0.717) is 0 Å². The van der Waals surface area contributed by atoms with E-state index >= 15 is 0 Å². The minimum absolute atomic E-state index is 0.0855. The highest BCUT2D eigenvalue weighted by molar-refractivity contribution is 4.96. The Labute approximate surface area is 90.0 Å². The molecule has 2 atom stereocenters. The Morgan fingerprint density at radius 2 is 2.33 bits per heavy atom. The van der Waals surface area contributed by atoms with Crippen molar-refractivity contribution in [3.05, 3.63) is 18.4 Å². The van der Waals surface area contributed by atoms with Gasteiger partial charge < -0.3 is 14.5 Å². The first-order chi connectivity index (χ1) is 7.04. The average molecular weight is 210 g/mol. The van der Waals surface area contributed by atoms with Gasteiger partial charge in [-0.15, -0.1) is 0 Å². The molecule has 0 aromatic carbocycles. The van der Waals surface area contributed by atoms with Crippen LogP contribution >= 0.6 is 0 Å². The summed E-state index contributed by atoms with van der Waals surface area (Å²) in [6.07, 6.45) is 4.46. The van der Waals surface area contributed by atoms with E-state index in [0.717, 1.165) is 18.9 Å². The maximum absolute atomic E-state index is 5.89. The summed E-state index contributed by atoms with van der Waals surface area (Å²) >= 11 is 0. The Hall–Kier alpha value is -0.870. The molecule has 4 nitrogen and oxygen atoms in total. The third kappa shape index (κ3) is 2.79. The zero-order chi connectivity index (χ0) is 10.9. The fourth-order valence-corrected chi connectivity index (χ4v) is 1.89. The van der Waals surface area contributed by atoms with Gasteiger partial charge >= 0.3 is 0 Å². The summed E-state index contributed by atoms with van der Waals surface area (Å²) in [5, 5.41) is 3.35. The topological polar surface area (TPSA) is 47.3 Å². The molecule has 0 bridgehead atoms. The van der Waals surface area contributed by atoms with Crippen LogP contribution < -0.4 is 5.32 Å². The lowest BCUT2D eigenvalue weighted by atomic mass is 10.1. The van der Waals surface area contributed by atoms with Crippen molar-refractivity contribution in [2.75, 3.05) is 6.54 Å². The van der Waals surface area contributed by atoms with E-state index in [1.807, 2.05) is 0 Å². The molecule has 1 aromatic rings. The lowest BCUT2D eigenvalue weighted by molar-refractivity contribution is -0.0512. The summed E-state index contributed by atoms with van der Waals surface area (Å²) in [6, 6.07) is 0.201. The Morgan fingerprint density at radius 1 is 1.53 bits per heavy atom. The predicted molar refractivity (Wildman–Crippen MR) is 56.5 cm³/mol. The van der Waals surface area contributed by atoms with Gasteiger partial charge in [0, 0.05) is 6.54 Å². The van der Waals surface area contributed by atoms with Gasteiger partial charge in [0.25, 0.3) is 0 Å². The van der Waals surface area contributed by atoms with Crippen LogP contribution in [-0.2, 0) is 4.74 Å². The van der Waals surface area contributed by atoms with Gasteiger partial charge in [0.2, 0.25) is 5.89 Å². The van der Waals surface area contributed by atoms with E-state index in [1.165, 1.54) is 0 Å². The summed E-state index contributed by atoms with van der Waals surface area (Å²) in [5.74, 6) is 0.759. The average Bonchev–Trinajstić information content (AvgIpc) is 2.68. The molecule has 2 heterocycles. The largest absolute Gasteiger partial charge is 0.447 e. The molecule has 0 saturated carbocycles. The zero-order valence-corrected chi connectivity index (χ0v) is 9.49. The van der Waals surface area contributed by atoms with Crippen molar-refractivity contribution >= 4 is 0 Å². The fourth-order valence-electron chi connectivity index (χ4n) is 1.89. The lowest BCUT2D eigenvalue weighted by Gasteiger charge is -2.24. The molecule has 0 unspecified atom stereocenters. The monoisotopic (exact) mass is 210 g/mol. The summed E-state index contributed by atoms with van der Waals surface area (Å²) < 4.78 is 11.2. The molecule has 4 heteroatoms. The van der Waals surface area contributed by atoms with Crippen LogP contribution in [0.3, 0.4) is 0 Å². The van der Waals surface area contributed by atoms with E-state index in [4.69, 9.17) is 9.15 Å². The van der Waals surface area contributed by atoms with Crippen molar-refractivity contribution in [1.29, 1.82) is 0 Å². The molecule has 1 aliphatic rings. The van der Waals surface area contributed by atoms with Gasteiger partial charge in [-0.2, -0.15) is 0 Å². The molecule has 2 rings (SSSR count). The molecule has 84 valence electrons. The number of aromatic nitrogens is 1. The van der Waals surface area contributed by atoms with E-state index in [2.05, 4.69) is 31.1 Å². The number of hydrogen-bond donors (Lipinski definition) is 1. The highest BCUT2D eigenvalue weighted by atomic mass is 16.5. The van der Waals surface area contributed by atoms with E-state index in [9.17, 15) is 0 Å². The second-order valence-electron chi connectivity index (χ2n) is 4.92. The molecule has 1 saturated heterocycles. The van der Waals surface area contributed by atoms with Gasteiger partial charge in [-0.1, -0.05) is 0 Å². The number of nitrogens with zero attached hydrogens (tertiary/aromatic N) is 1. The maximum atomic E-state index is 5.89. The number of ether oxygens (including phenoxy) is 1. The molecule has 0 radical (unpaired) electrons. The van der Waals surface area contributed by atoms with Crippen molar-refractivity contribution in [1.82, 2.24) is 10.3 Å². The van der Waals surface area contributed by atoms with Gasteiger partial charge in [0.1, 0.15) is 6.26 Å².